The number of aromatic nitrogens is 1. The molecule has 0 spiro atoms. The highest BCUT2D eigenvalue weighted by molar-refractivity contribution is 7.89. The van der Waals surface area contributed by atoms with Gasteiger partial charge in [-0.1, -0.05) is 11.6 Å². The second kappa shape index (κ2) is 6.95. The molecule has 0 radical (unpaired) electrons. The molecule has 8 nitrogen and oxygen atoms in total. The van der Waals surface area contributed by atoms with Gasteiger partial charge in [-0.05, 0) is 24.3 Å². The first kappa shape index (κ1) is 17.6. The summed E-state index contributed by atoms with van der Waals surface area (Å²) in [6.45, 7) is 1.49. The van der Waals surface area contributed by atoms with Crippen molar-refractivity contribution in [2.45, 2.75) is 4.90 Å². The van der Waals surface area contributed by atoms with E-state index in [1.165, 1.54) is 28.6 Å². The van der Waals surface area contributed by atoms with Crippen molar-refractivity contribution in [3.8, 4) is 0 Å². The summed E-state index contributed by atoms with van der Waals surface area (Å²) in [5.74, 6) is 0.636. The van der Waals surface area contributed by atoms with Crippen LogP contribution in [0, 0.1) is 10.1 Å². The summed E-state index contributed by atoms with van der Waals surface area (Å²) in [7, 11) is -3.69. The van der Waals surface area contributed by atoms with Crippen molar-refractivity contribution in [1.29, 1.82) is 0 Å². The van der Waals surface area contributed by atoms with E-state index < -0.39 is 14.9 Å². The number of hydrogen-bond donors (Lipinski definition) is 0. The first-order chi connectivity index (χ1) is 11.9. The molecule has 1 aromatic heterocycles. The van der Waals surface area contributed by atoms with Crippen molar-refractivity contribution in [3.63, 3.8) is 0 Å². The van der Waals surface area contributed by atoms with Crippen LogP contribution in [0.15, 0.2) is 47.5 Å². The van der Waals surface area contributed by atoms with Gasteiger partial charge in [-0.25, -0.2) is 13.4 Å². The molecule has 1 aromatic carbocycles. The third-order valence-electron chi connectivity index (χ3n) is 3.96. The second-order valence-electron chi connectivity index (χ2n) is 5.45. The number of benzene rings is 1. The molecule has 1 aliphatic heterocycles. The Morgan fingerprint density at radius 3 is 2.28 bits per heavy atom. The average Bonchev–Trinajstić information content (AvgIpc) is 2.62. The van der Waals surface area contributed by atoms with Crippen molar-refractivity contribution in [2.24, 2.45) is 0 Å². The minimum Gasteiger partial charge on any atom is -0.353 e. The minimum absolute atomic E-state index is 0.0439. The standard InChI is InChI=1S/C15H15ClN4O4S/c16-14-2-1-7-17-15(14)18-8-10-19(11-9-18)25(23,24)13-5-3-12(4-6-13)20(21)22/h1-7H,8-11H2. The second-order valence-corrected chi connectivity index (χ2v) is 7.80. The molecule has 1 aliphatic rings. The quantitative estimate of drug-likeness (QED) is 0.593. The summed E-state index contributed by atoms with van der Waals surface area (Å²) in [6, 6.07) is 8.38. The van der Waals surface area contributed by atoms with E-state index in [4.69, 9.17) is 11.6 Å². The van der Waals surface area contributed by atoms with Gasteiger partial charge in [0.1, 0.15) is 5.82 Å². The largest absolute Gasteiger partial charge is 0.353 e. The fourth-order valence-electron chi connectivity index (χ4n) is 2.64. The van der Waals surface area contributed by atoms with Crippen molar-refractivity contribution in [2.75, 3.05) is 31.1 Å². The number of sulfonamides is 1. The Kier molecular flexibility index (Phi) is 4.89. The maximum absolute atomic E-state index is 12.7. The molecule has 2 aromatic rings. The highest BCUT2D eigenvalue weighted by Gasteiger charge is 2.29. The van der Waals surface area contributed by atoms with E-state index in [1.54, 1.807) is 18.3 Å². The lowest BCUT2D eigenvalue weighted by molar-refractivity contribution is -0.384. The lowest BCUT2D eigenvalue weighted by Gasteiger charge is -2.34. The minimum atomic E-state index is -3.69. The number of nitrogens with zero attached hydrogens (tertiary/aromatic N) is 4. The van der Waals surface area contributed by atoms with Crippen LogP contribution in [0.4, 0.5) is 11.5 Å². The molecule has 0 bridgehead atoms. The summed E-state index contributed by atoms with van der Waals surface area (Å²) < 4.78 is 26.7. The molecule has 0 N–H and O–H groups in total. The lowest BCUT2D eigenvalue weighted by Crippen LogP contribution is -2.49. The third-order valence-corrected chi connectivity index (χ3v) is 6.17. The van der Waals surface area contributed by atoms with Crippen LogP contribution in [0.1, 0.15) is 0 Å². The number of nitro groups is 1. The van der Waals surface area contributed by atoms with Crippen LogP contribution in [0.2, 0.25) is 5.02 Å². The van der Waals surface area contributed by atoms with Gasteiger partial charge in [0.2, 0.25) is 10.0 Å². The number of piperazine rings is 1. The predicted octanol–water partition coefficient (Wildman–Crippen LogP) is 2.15. The Balaban J connectivity index is 1.73. The van der Waals surface area contributed by atoms with Gasteiger partial charge in [-0.2, -0.15) is 4.31 Å². The van der Waals surface area contributed by atoms with Gasteiger partial charge in [0, 0.05) is 44.5 Å². The van der Waals surface area contributed by atoms with Crippen LogP contribution in [-0.4, -0.2) is 48.8 Å². The van der Waals surface area contributed by atoms with E-state index in [-0.39, 0.29) is 23.7 Å². The molecule has 0 amide bonds. The Bertz CT molecular complexity index is 881. The molecule has 0 unspecified atom stereocenters. The number of nitro benzene ring substituents is 1. The van der Waals surface area contributed by atoms with Gasteiger partial charge in [0.25, 0.3) is 5.69 Å². The Morgan fingerprint density at radius 1 is 1.08 bits per heavy atom. The van der Waals surface area contributed by atoms with E-state index in [0.717, 1.165) is 0 Å². The van der Waals surface area contributed by atoms with Gasteiger partial charge in [-0.3, -0.25) is 10.1 Å². The molecule has 3 rings (SSSR count). The highest BCUT2D eigenvalue weighted by Crippen LogP contribution is 2.25. The SMILES string of the molecule is O=[N+]([O-])c1ccc(S(=O)(=O)N2CCN(c3ncccc3Cl)CC2)cc1. The summed E-state index contributed by atoms with van der Waals surface area (Å²) in [5.41, 5.74) is -0.145. The zero-order valence-electron chi connectivity index (χ0n) is 13.1. The molecule has 0 aliphatic carbocycles. The number of halogens is 1. The van der Waals surface area contributed by atoms with Gasteiger partial charge in [0.05, 0.1) is 14.8 Å². The van der Waals surface area contributed by atoms with Crippen molar-refractivity contribution >= 4 is 33.1 Å². The Labute approximate surface area is 149 Å². The molecule has 2 heterocycles. The van der Waals surface area contributed by atoms with Gasteiger partial charge in [-0.15, -0.1) is 0 Å². The molecule has 1 saturated heterocycles. The summed E-state index contributed by atoms with van der Waals surface area (Å²) in [6.07, 6.45) is 1.64. The van der Waals surface area contributed by atoms with Crippen LogP contribution < -0.4 is 4.90 Å². The molecule has 1 fully saturated rings. The smallest absolute Gasteiger partial charge is 0.269 e. The fourth-order valence-corrected chi connectivity index (χ4v) is 4.30. The molecular weight excluding hydrogens is 368 g/mol. The topological polar surface area (TPSA) is 96.6 Å². The molecule has 132 valence electrons. The summed E-state index contributed by atoms with van der Waals surface area (Å²) >= 11 is 6.13. The maximum Gasteiger partial charge on any atom is 0.269 e. The van der Waals surface area contributed by atoms with Crippen LogP contribution in [0.25, 0.3) is 0 Å². The van der Waals surface area contributed by atoms with Crippen LogP contribution in [-0.2, 0) is 10.0 Å². The van der Waals surface area contributed by atoms with Crippen molar-refractivity contribution in [3.05, 3.63) is 57.7 Å². The molecule has 25 heavy (non-hydrogen) atoms. The summed E-state index contributed by atoms with van der Waals surface area (Å²) in [4.78, 5) is 16.3. The Hall–Kier alpha value is -2.23. The number of anilines is 1. The first-order valence-corrected chi connectivity index (χ1v) is 9.31. The zero-order chi connectivity index (χ0) is 18.0. The fraction of sp³-hybridized carbons (Fsp3) is 0.267. The van der Waals surface area contributed by atoms with Crippen LogP contribution >= 0.6 is 11.6 Å². The molecule has 10 heteroatoms. The van der Waals surface area contributed by atoms with Crippen molar-refractivity contribution < 1.29 is 13.3 Å². The molecule has 0 saturated carbocycles. The first-order valence-electron chi connectivity index (χ1n) is 7.49. The number of pyridine rings is 1. The highest BCUT2D eigenvalue weighted by atomic mass is 35.5. The van der Waals surface area contributed by atoms with Gasteiger partial charge in [0.15, 0.2) is 0 Å². The van der Waals surface area contributed by atoms with E-state index in [9.17, 15) is 18.5 Å². The molecular formula is C15H15ClN4O4S. The molecule has 0 atom stereocenters. The Morgan fingerprint density at radius 2 is 1.72 bits per heavy atom. The van der Waals surface area contributed by atoms with E-state index >= 15 is 0 Å². The van der Waals surface area contributed by atoms with E-state index in [0.29, 0.717) is 23.9 Å². The monoisotopic (exact) mass is 382 g/mol. The zero-order valence-corrected chi connectivity index (χ0v) is 14.7. The van der Waals surface area contributed by atoms with E-state index in [2.05, 4.69) is 4.98 Å². The summed E-state index contributed by atoms with van der Waals surface area (Å²) in [5, 5.41) is 11.2. The van der Waals surface area contributed by atoms with Gasteiger partial charge >= 0.3 is 0 Å². The third kappa shape index (κ3) is 3.58. The normalized spacial score (nSPS) is 16.0. The van der Waals surface area contributed by atoms with Crippen LogP contribution in [0.5, 0.6) is 0 Å². The number of rotatable bonds is 4. The number of hydrogen-bond acceptors (Lipinski definition) is 6. The number of non-ortho nitro benzene ring substituents is 1. The average molecular weight is 383 g/mol. The van der Waals surface area contributed by atoms with Crippen molar-refractivity contribution in [1.82, 2.24) is 9.29 Å². The lowest BCUT2D eigenvalue weighted by atomic mass is 10.3. The predicted molar refractivity (Wildman–Crippen MR) is 93.3 cm³/mol. The van der Waals surface area contributed by atoms with Crippen LogP contribution in [0.3, 0.4) is 0 Å². The maximum atomic E-state index is 12.7. The van der Waals surface area contributed by atoms with E-state index in [1.807, 2.05) is 4.90 Å². The van der Waals surface area contributed by atoms with Gasteiger partial charge < -0.3 is 4.90 Å².